The highest BCUT2D eigenvalue weighted by atomic mass is 16.3. The Morgan fingerprint density at radius 3 is 1.75 bits per heavy atom. The number of nitrogens with zero attached hydrogens (tertiary/aromatic N) is 1. The molecule has 0 radical (unpaired) electrons. The Morgan fingerprint density at radius 1 is 0.691 bits per heavy atom. The fraction of sp³-hybridized carbons (Fsp3) is 0.611. The number of aliphatic hydroxyl groups excluding tert-OH is 1. The molecule has 0 bridgehead atoms. The molecule has 0 aliphatic rings. The van der Waals surface area contributed by atoms with E-state index < -0.39 is 103 Å². The molecule has 0 saturated heterocycles. The van der Waals surface area contributed by atoms with E-state index in [-0.39, 0.29) is 37.7 Å². The molecule has 0 aromatic heterocycles. The van der Waals surface area contributed by atoms with E-state index in [0.29, 0.717) is 12.0 Å². The predicted molar refractivity (Wildman–Crippen MR) is 206 cm³/mol. The molecule has 1 aromatic rings. The minimum absolute atomic E-state index is 0.0264. The van der Waals surface area contributed by atoms with Crippen LogP contribution in [0.5, 0.6) is 0 Å². The van der Waals surface area contributed by atoms with Gasteiger partial charge in [0.2, 0.25) is 41.4 Å². The Bertz CT molecular complexity index is 1470. The van der Waals surface area contributed by atoms with E-state index in [2.05, 4.69) is 36.9 Å². The molecule has 0 aliphatic carbocycles. The molecule has 1 rings (SSSR count). The third-order valence-electron chi connectivity index (χ3n) is 8.33. The van der Waals surface area contributed by atoms with Gasteiger partial charge in [0.05, 0.1) is 13.2 Å². The molecule has 0 aliphatic heterocycles. The number of amides is 7. The minimum Gasteiger partial charge on any atom is -0.394 e. The van der Waals surface area contributed by atoms with E-state index >= 15 is 0 Å². The molecule has 308 valence electrons. The van der Waals surface area contributed by atoms with Gasteiger partial charge >= 0.3 is 0 Å². The molecule has 0 fully saturated rings. The van der Waals surface area contributed by atoms with Crippen LogP contribution in [0.4, 0.5) is 0 Å². The first-order valence-corrected chi connectivity index (χ1v) is 18.3. The van der Waals surface area contributed by atoms with Gasteiger partial charge < -0.3 is 59.9 Å². The number of primary amides is 1. The average molecular weight is 776 g/mol. The second-order valence-corrected chi connectivity index (χ2v) is 14.4. The first-order chi connectivity index (χ1) is 25.8. The van der Waals surface area contributed by atoms with Gasteiger partial charge in [0.1, 0.15) is 36.3 Å². The number of nitrogens with one attached hydrogen (secondary N) is 6. The molecule has 1 aromatic carbocycles. The van der Waals surface area contributed by atoms with Gasteiger partial charge in [-0.1, -0.05) is 71.9 Å². The highest BCUT2D eigenvalue weighted by molar-refractivity contribution is 5.96. The summed E-state index contributed by atoms with van der Waals surface area (Å²) in [6, 6.07) is 2.01. The van der Waals surface area contributed by atoms with Crippen LogP contribution >= 0.6 is 0 Å². The zero-order valence-electron chi connectivity index (χ0n) is 32.6. The number of guanidine groups is 1. The summed E-state index contributed by atoms with van der Waals surface area (Å²) in [5, 5.41) is 24.8. The number of aliphatic hydroxyl groups is 1. The van der Waals surface area contributed by atoms with Gasteiger partial charge in [0.15, 0.2) is 5.96 Å². The van der Waals surface area contributed by atoms with Crippen LogP contribution in [0.25, 0.3) is 0 Å². The molecule has 55 heavy (non-hydrogen) atoms. The lowest BCUT2D eigenvalue weighted by Crippen LogP contribution is -2.60. The molecule has 19 nitrogen and oxygen atoms in total. The molecular formula is C36H61N11O8. The number of hydrogen-bond acceptors (Lipinski definition) is 10. The van der Waals surface area contributed by atoms with Crippen LogP contribution in [0.1, 0.15) is 66.4 Å². The fourth-order valence-corrected chi connectivity index (χ4v) is 5.28. The van der Waals surface area contributed by atoms with Crippen LogP contribution in [0.15, 0.2) is 35.3 Å². The number of hydrogen-bond donors (Lipinski definition) is 11. The average Bonchev–Trinajstić information content (AvgIpc) is 3.11. The lowest BCUT2D eigenvalue weighted by molar-refractivity contribution is -0.135. The second kappa shape index (κ2) is 24.2. The van der Waals surface area contributed by atoms with Crippen molar-refractivity contribution >= 4 is 47.3 Å². The number of nitrogens with two attached hydrogens (primary N) is 4. The molecule has 19 heteroatoms. The van der Waals surface area contributed by atoms with E-state index in [1.54, 1.807) is 58.0 Å². The van der Waals surface area contributed by atoms with Gasteiger partial charge in [0, 0.05) is 13.0 Å². The molecule has 0 unspecified atom stereocenters. The minimum atomic E-state index is -1.25. The Hall–Kier alpha value is -5.30. The molecular weight excluding hydrogens is 714 g/mol. The third kappa shape index (κ3) is 18.1. The zero-order chi connectivity index (χ0) is 41.8. The summed E-state index contributed by atoms with van der Waals surface area (Å²) in [5.74, 6) is -6.00. The van der Waals surface area contributed by atoms with Crippen LogP contribution in [0.3, 0.4) is 0 Å². The lowest BCUT2D eigenvalue weighted by atomic mass is 9.98. The number of aliphatic imine (C=N–C) groups is 1. The number of carbonyl (C=O) groups excluding carboxylic acids is 7. The molecule has 6 atom stereocenters. The van der Waals surface area contributed by atoms with Crippen LogP contribution in [-0.2, 0) is 40.0 Å². The number of rotatable bonds is 24. The number of benzene rings is 1. The summed E-state index contributed by atoms with van der Waals surface area (Å²) in [7, 11) is 0. The van der Waals surface area contributed by atoms with Crippen molar-refractivity contribution in [1.29, 1.82) is 0 Å². The van der Waals surface area contributed by atoms with Crippen LogP contribution in [0, 0.1) is 17.8 Å². The van der Waals surface area contributed by atoms with E-state index in [1.807, 2.05) is 13.8 Å². The zero-order valence-corrected chi connectivity index (χ0v) is 32.6. The van der Waals surface area contributed by atoms with Crippen molar-refractivity contribution in [1.82, 2.24) is 31.9 Å². The summed E-state index contributed by atoms with van der Waals surface area (Å²) in [6.07, 6.45) is 0.732. The molecule has 7 amide bonds. The maximum absolute atomic E-state index is 13.7. The normalized spacial score (nSPS) is 14.4. The van der Waals surface area contributed by atoms with E-state index in [9.17, 15) is 38.7 Å². The van der Waals surface area contributed by atoms with Crippen molar-refractivity contribution in [3.8, 4) is 0 Å². The van der Waals surface area contributed by atoms with Crippen molar-refractivity contribution in [3.05, 3.63) is 35.9 Å². The third-order valence-corrected chi connectivity index (χ3v) is 8.33. The Kier molecular flexibility index (Phi) is 21.0. The predicted octanol–water partition coefficient (Wildman–Crippen LogP) is -3.01. The Labute approximate surface area is 322 Å². The smallest absolute Gasteiger partial charge is 0.243 e. The second-order valence-electron chi connectivity index (χ2n) is 14.4. The lowest BCUT2D eigenvalue weighted by Gasteiger charge is -2.29. The Balaban J connectivity index is 3.12. The molecule has 0 spiro atoms. The number of carbonyl (C=O) groups is 7. The summed E-state index contributed by atoms with van der Waals surface area (Å²) in [5.41, 5.74) is 22.4. The van der Waals surface area contributed by atoms with Gasteiger partial charge in [-0.15, -0.1) is 0 Å². The largest absolute Gasteiger partial charge is 0.394 e. The Morgan fingerprint density at radius 2 is 1.24 bits per heavy atom. The van der Waals surface area contributed by atoms with Crippen molar-refractivity contribution in [3.63, 3.8) is 0 Å². The van der Waals surface area contributed by atoms with Crippen molar-refractivity contribution < 1.29 is 38.7 Å². The van der Waals surface area contributed by atoms with Gasteiger partial charge in [-0.25, -0.2) is 0 Å². The van der Waals surface area contributed by atoms with E-state index in [1.165, 1.54) is 0 Å². The summed E-state index contributed by atoms with van der Waals surface area (Å²) in [4.78, 5) is 95.1. The maximum Gasteiger partial charge on any atom is 0.243 e. The fourth-order valence-electron chi connectivity index (χ4n) is 5.28. The quantitative estimate of drug-likeness (QED) is 0.0285. The molecule has 15 N–H and O–H groups in total. The van der Waals surface area contributed by atoms with Crippen molar-refractivity contribution in [2.24, 2.45) is 45.7 Å². The topological polar surface area (TPSA) is 328 Å². The van der Waals surface area contributed by atoms with Gasteiger partial charge in [-0.05, 0) is 42.6 Å². The maximum atomic E-state index is 13.7. The SMILES string of the molecule is CC(C)C[C@H](NC(=O)CNC(=O)[C@H](Cc1ccccc1)NC(=O)[C@@H](NC(=O)[C@@H](NC(=O)[C@@H](N)CO)C(C)C)C(C)C)C(=O)N[C@@H](CCCN=C(N)N)C(N)=O. The van der Waals surface area contributed by atoms with Gasteiger partial charge in [-0.2, -0.15) is 0 Å². The standard InChI is InChI=1S/C36H61N11O8/c1-19(2)15-25(33(53)44-24(30(38)50)13-10-14-41-36(39)40)43-27(49)17-42-32(52)26(16-22-11-8-7-9-12-22)45-34(54)28(20(3)4)47-35(55)29(21(5)6)46-31(51)23(37)18-48/h7-9,11-12,19-21,23-26,28-29,48H,10,13-18,37H2,1-6H3,(H2,38,50)(H,42,52)(H,43,49)(H,44,53)(H,45,54)(H,46,51)(H,47,55)(H4,39,40,41)/t23-,24-,25-,26-,28-,29-/m0/s1. The van der Waals surface area contributed by atoms with Gasteiger partial charge in [0.25, 0.3) is 0 Å². The summed E-state index contributed by atoms with van der Waals surface area (Å²) < 4.78 is 0. The highest BCUT2D eigenvalue weighted by Crippen LogP contribution is 2.10. The van der Waals surface area contributed by atoms with E-state index in [0.717, 1.165) is 0 Å². The van der Waals surface area contributed by atoms with Crippen molar-refractivity contribution in [2.75, 3.05) is 19.7 Å². The van der Waals surface area contributed by atoms with Gasteiger partial charge in [-0.3, -0.25) is 38.6 Å². The first kappa shape index (κ1) is 47.7. The van der Waals surface area contributed by atoms with Crippen LogP contribution < -0.4 is 54.8 Å². The molecule has 0 heterocycles. The van der Waals surface area contributed by atoms with Crippen molar-refractivity contribution in [2.45, 2.75) is 103 Å². The van der Waals surface area contributed by atoms with E-state index in [4.69, 9.17) is 22.9 Å². The van der Waals surface area contributed by atoms with Crippen LogP contribution in [0.2, 0.25) is 0 Å². The monoisotopic (exact) mass is 775 g/mol. The highest BCUT2D eigenvalue weighted by Gasteiger charge is 2.33. The van der Waals surface area contributed by atoms with Crippen LogP contribution in [-0.4, -0.2) is 108 Å². The summed E-state index contributed by atoms with van der Waals surface area (Å²) in [6.45, 7) is 9.45. The molecule has 0 saturated carbocycles. The first-order valence-electron chi connectivity index (χ1n) is 18.3. The summed E-state index contributed by atoms with van der Waals surface area (Å²) >= 11 is 0.